The molecule has 39 heavy (non-hydrogen) atoms. The Morgan fingerprint density at radius 3 is 2.69 bits per heavy atom. The number of nitrogens with one attached hydrogen (secondary N) is 2. The van der Waals surface area contributed by atoms with Gasteiger partial charge < -0.3 is 21.1 Å². The molecule has 0 saturated heterocycles. The second-order valence-electron chi connectivity index (χ2n) is 8.82. The largest absolute Gasteiger partial charge is 0.493 e. The summed E-state index contributed by atoms with van der Waals surface area (Å²) in [4.78, 5) is 28.3. The Labute approximate surface area is 229 Å². The number of aromatic nitrogens is 3. The molecule has 8 nitrogen and oxygen atoms in total. The van der Waals surface area contributed by atoms with Gasteiger partial charge in [0.2, 0.25) is 0 Å². The summed E-state index contributed by atoms with van der Waals surface area (Å²) >= 11 is 1.62. The molecule has 3 aromatic heterocycles. The van der Waals surface area contributed by atoms with Crippen molar-refractivity contribution in [2.45, 2.75) is 26.4 Å². The summed E-state index contributed by atoms with van der Waals surface area (Å²) < 4.78 is 19.1. The van der Waals surface area contributed by atoms with Crippen LogP contribution in [-0.2, 0) is 6.54 Å². The second kappa shape index (κ2) is 11.4. The molecule has 198 valence electrons. The number of fused-ring (bicyclic) bond motifs is 1. The van der Waals surface area contributed by atoms with Crippen molar-refractivity contribution in [1.82, 2.24) is 20.3 Å². The maximum Gasteiger partial charge on any atom is 0.259 e. The number of amides is 1. The molecule has 0 fully saturated rings. The van der Waals surface area contributed by atoms with Gasteiger partial charge in [-0.25, -0.2) is 19.3 Å². The van der Waals surface area contributed by atoms with Crippen LogP contribution in [0, 0.1) is 5.82 Å². The molecule has 0 aliphatic carbocycles. The number of hydrogen-bond acceptors (Lipinski definition) is 8. The van der Waals surface area contributed by atoms with E-state index in [9.17, 15) is 9.18 Å². The third-order valence-corrected chi connectivity index (χ3v) is 7.33. The average Bonchev–Trinajstić information content (AvgIpc) is 3.41. The van der Waals surface area contributed by atoms with Crippen LogP contribution in [0.25, 0.3) is 21.3 Å². The number of carbonyl (C=O) groups is 1. The highest BCUT2D eigenvalue weighted by Crippen LogP contribution is 2.32. The predicted octanol–water partition coefficient (Wildman–Crippen LogP) is 5.98. The monoisotopic (exact) mass is 542 g/mol. The van der Waals surface area contributed by atoms with E-state index in [0.717, 1.165) is 31.8 Å². The smallest absolute Gasteiger partial charge is 0.259 e. The predicted molar refractivity (Wildman–Crippen MR) is 152 cm³/mol. The van der Waals surface area contributed by atoms with Crippen molar-refractivity contribution in [2.75, 3.05) is 17.7 Å². The zero-order valence-electron chi connectivity index (χ0n) is 21.4. The summed E-state index contributed by atoms with van der Waals surface area (Å²) in [7, 11) is 0. The van der Waals surface area contributed by atoms with Crippen LogP contribution in [0.3, 0.4) is 0 Å². The molecule has 0 aliphatic rings. The molecule has 2 aromatic carbocycles. The van der Waals surface area contributed by atoms with Crippen LogP contribution in [0.1, 0.15) is 40.7 Å². The summed E-state index contributed by atoms with van der Waals surface area (Å²) in [6, 6.07) is 17.4. The number of anilines is 2. The van der Waals surface area contributed by atoms with Crippen LogP contribution in [0.15, 0.2) is 73.2 Å². The van der Waals surface area contributed by atoms with E-state index in [4.69, 9.17) is 10.5 Å². The number of nitrogen functional groups attached to an aromatic ring is 1. The van der Waals surface area contributed by atoms with Gasteiger partial charge in [-0.05, 0) is 67.4 Å². The summed E-state index contributed by atoms with van der Waals surface area (Å²) in [6.45, 7) is 4.55. The lowest BCUT2D eigenvalue weighted by Crippen LogP contribution is -2.28. The summed E-state index contributed by atoms with van der Waals surface area (Å²) in [5.74, 6) is 0.621. The zero-order chi connectivity index (χ0) is 27.4. The van der Waals surface area contributed by atoms with Gasteiger partial charge in [-0.1, -0.05) is 18.2 Å². The van der Waals surface area contributed by atoms with Gasteiger partial charge in [-0.15, -0.1) is 11.3 Å². The van der Waals surface area contributed by atoms with Crippen LogP contribution in [0.2, 0.25) is 0 Å². The van der Waals surface area contributed by atoms with Crippen molar-refractivity contribution in [3.8, 4) is 16.2 Å². The van der Waals surface area contributed by atoms with Crippen molar-refractivity contribution < 1.29 is 13.9 Å². The van der Waals surface area contributed by atoms with E-state index < -0.39 is 0 Å². The van der Waals surface area contributed by atoms with Crippen LogP contribution in [0.5, 0.6) is 5.75 Å². The first kappa shape index (κ1) is 26.1. The normalized spacial score (nSPS) is 11.8. The Bertz CT molecular complexity index is 1620. The molecule has 0 saturated carbocycles. The van der Waals surface area contributed by atoms with Gasteiger partial charge in [0, 0.05) is 21.3 Å². The molecule has 0 spiro atoms. The van der Waals surface area contributed by atoms with E-state index in [1.807, 2.05) is 44.2 Å². The number of rotatable bonds is 9. The quantitative estimate of drug-likeness (QED) is 0.210. The zero-order valence-corrected chi connectivity index (χ0v) is 22.3. The van der Waals surface area contributed by atoms with Crippen molar-refractivity contribution in [3.63, 3.8) is 0 Å². The van der Waals surface area contributed by atoms with Gasteiger partial charge in [0.05, 0.1) is 24.7 Å². The fourth-order valence-corrected chi connectivity index (χ4v) is 5.15. The number of carbonyl (C=O) groups excluding carboxylic acids is 1. The summed E-state index contributed by atoms with van der Waals surface area (Å²) in [5, 5.41) is 7.09. The number of benzene rings is 2. The Kier molecular flexibility index (Phi) is 7.64. The van der Waals surface area contributed by atoms with E-state index in [1.165, 1.54) is 18.5 Å². The average molecular weight is 543 g/mol. The number of pyridine rings is 1. The molecule has 0 bridgehead atoms. The van der Waals surface area contributed by atoms with Gasteiger partial charge in [0.15, 0.2) is 0 Å². The topological polar surface area (TPSA) is 115 Å². The third kappa shape index (κ3) is 5.80. The Morgan fingerprint density at radius 2 is 1.90 bits per heavy atom. The van der Waals surface area contributed by atoms with Crippen molar-refractivity contribution in [1.29, 1.82) is 0 Å². The first-order chi connectivity index (χ1) is 18.9. The molecule has 10 heteroatoms. The Balaban J connectivity index is 1.35. The highest BCUT2D eigenvalue weighted by molar-refractivity contribution is 7.15. The SMILES string of the molecule is CCOc1ccnc(NCc2ccc(-c3ccc4ncnc(N)c4c3)s2)c1C(=O)N[C@@H](C)c1ccc(F)cc1. The van der Waals surface area contributed by atoms with Crippen LogP contribution < -0.4 is 21.1 Å². The third-order valence-electron chi connectivity index (χ3n) is 6.20. The van der Waals surface area contributed by atoms with Crippen LogP contribution >= 0.6 is 11.3 Å². The lowest BCUT2D eigenvalue weighted by molar-refractivity contribution is 0.0936. The summed E-state index contributed by atoms with van der Waals surface area (Å²) in [6.07, 6.45) is 3.06. The van der Waals surface area contributed by atoms with Crippen LogP contribution in [0.4, 0.5) is 16.0 Å². The minimum absolute atomic E-state index is 0.315. The first-order valence-corrected chi connectivity index (χ1v) is 13.3. The van der Waals surface area contributed by atoms with Gasteiger partial charge in [0.1, 0.15) is 35.1 Å². The van der Waals surface area contributed by atoms with Gasteiger partial charge in [0.25, 0.3) is 5.91 Å². The molecule has 1 amide bonds. The minimum atomic E-state index is -0.345. The second-order valence-corrected chi connectivity index (χ2v) is 9.99. The molecule has 5 aromatic rings. The molecule has 3 heterocycles. The van der Waals surface area contributed by atoms with Crippen molar-refractivity contribution in [2.24, 2.45) is 0 Å². The molecular formula is C29H27FN6O2S. The van der Waals surface area contributed by atoms with Crippen LogP contribution in [-0.4, -0.2) is 27.5 Å². The molecule has 0 radical (unpaired) electrons. The van der Waals surface area contributed by atoms with E-state index in [2.05, 4.69) is 25.6 Å². The van der Waals surface area contributed by atoms with Gasteiger partial charge in [-0.2, -0.15) is 0 Å². The molecule has 5 rings (SSSR count). The Morgan fingerprint density at radius 1 is 1.08 bits per heavy atom. The number of thiophene rings is 1. The maximum absolute atomic E-state index is 13.4. The first-order valence-electron chi connectivity index (χ1n) is 12.4. The summed E-state index contributed by atoms with van der Waals surface area (Å²) in [5.41, 5.74) is 8.96. The molecule has 1 atom stereocenters. The fraction of sp³-hybridized carbons (Fsp3) is 0.172. The van der Waals surface area contributed by atoms with Crippen molar-refractivity contribution >= 4 is 39.8 Å². The van der Waals surface area contributed by atoms with E-state index in [-0.39, 0.29) is 17.8 Å². The number of hydrogen-bond donors (Lipinski definition) is 3. The van der Waals surface area contributed by atoms with Gasteiger partial charge >= 0.3 is 0 Å². The van der Waals surface area contributed by atoms with E-state index >= 15 is 0 Å². The number of nitrogens with zero attached hydrogens (tertiary/aromatic N) is 3. The van der Waals surface area contributed by atoms with E-state index in [1.54, 1.807) is 35.7 Å². The van der Waals surface area contributed by atoms with E-state index in [0.29, 0.717) is 36.1 Å². The molecule has 4 N–H and O–H groups in total. The van der Waals surface area contributed by atoms with Crippen molar-refractivity contribution in [3.05, 3.63) is 95.0 Å². The maximum atomic E-state index is 13.4. The molecular weight excluding hydrogens is 515 g/mol. The highest BCUT2D eigenvalue weighted by atomic mass is 32.1. The minimum Gasteiger partial charge on any atom is -0.493 e. The number of nitrogens with two attached hydrogens (primary N) is 1. The standard InChI is InChI=1S/C29H27FN6O2S/c1-3-38-24-12-13-32-28(26(24)29(37)36-17(2)18-4-7-20(30)8-5-18)33-15-21-9-11-25(39-21)19-6-10-23-22(14-19)27(31)35-16-34-23/h4-14,16-17H,3,15H2,1-2H3,(H,32,33)(H,36,37)(H2,31,34,35)/t17-/m0/s1. The lowest BCUT2D eigenvalue weighted by atomic mass is 10.1. The fourth-order valence-electron chi connectivity index (χ4n) is 4.21. The number of halogens is 1. The Hall–Kier alpha value is -4.57. The molecule has 0 unspecified atom stereocenters. The molecule has 0 aliphatic heterocycles. The highest BCUT2D eigenvalue weighted by Gasteiger charge is 2.21. The lowest BCUT2D eigenvalue weighted by Gasteiger charge is -2.18. The number of ether oxygens (including phenoxy) is 1. The van der Waals surface area contributed by atoms with Gasteiger partial charge in [-0.3, -0.25) is 4.79 Å².